The number of aliphatic hydroxyl groups excluding tert-OH is 1. The number of aromatic nitrogens is 3. The van der Waals surface area contributed by atoms with E-state index in [0.29, 0.717) is 24.6 Å². The second-order valence-electron chi connectivity index (χ2n) is 8.20. The Morgan fingerprint density at radius 3 is 2.29 bits per heavy atom. The van der Waals surface area contributed by atoms with Crippen LogP contribution in [-0.2, 0) is 11.3 Å². The molecule has 2 fully saturated rings. The predicted octanol–water partition coefficient (Wildman–Crippen LogP) is 3.37. The lowest BCUT2D eigenvalue weighted by atomic mass is 9.91. The van der Waals surface area contributed by atoms with E-state index in [2.05, 4.69) is 28.2 Å². The van der Waals surface area contributed by atoms with Crippen molar-refractivity contribution in [1.82, 2.24) is 19.7 Å². The summed E-state index contributed by atoms with van der Waals surface area (Å²) >= 11 is 0. The van der Waals surface area contributed by atoms with Gasteiger partial charge in [-0.2, -0.15) is 5.10 Å². The maximum Gasteiger partial charge on any atom is 0.290 e. The van der Waals surface area contributed by atoms with E-state index in [1.165, 1.54) is 18.4 Å². The highest BCUT2D eigenvalue weighted by Gasteiger charge is 2.40. The summed E-state index contributed by atoms with van der Waals surface area (Å²) in [6, 6.07) is 15.5. The predicted molar refractivity (Wildman–Crippen MR) is 118 cm³/mol. The molecule has 0 amide bonds. The number of pyridine rings is 1. The van der Waals surface area contributed by atoms with Gasteiger partial charge in [-0.1, -0.05) is 18.2 Å². The number of piperidine rings is 1. The van der Waals surface area contributed by atoms with Crippen LogP contribution in [-0.4, -0.2) is 55.0 Å². The number of aliphatic hydroxyl groups is 1. The molecule has 162 valence electrons. The van der Waals surface area contributed by atoms with Crippen molar-refractivity contribution < 1.29 is 15.0 Å². The molecule has 0 radical (unpaired) electrons. The van der Waals surface area contributed by atoms with Crippen molar-refractivity contribution in [3.63, 3.8) is 0 Å². The maximum absolute atomic E-state index is 9.61. The fourth-order valence-electron chi connectivity index (χ4n) is 4.98. The summed E-state index contributed by atoms with van der Waals surface area (Å²) in [7, 11) is 0. The van der Waals surface area contributed by atoms with Crippen molar-refractivity contribution >= 4 is 6.47 Å². The first-order chi connectivity index (χ1) is 15.2. The molecule has 7 nitrogen and oxygen atoms in total. The first-order valence-corrected chi connectivity index (χ1v) is 10.7. The molecule has 3 aromatic rings. The Labute approximate surface area is 182 Å². The Morgan fingerprint density at radius 2 is 1.68 bits per heavy atom. The van der Waals surface area contributed by atoms with Gasteiger partial charge in [0.15, 0.2) is 0 Å². The first-order valence-electron chi connectivity index (χ1n) is 10.7. The molecular weight excluding hydrogens is 392 g/mol. The number of nitrogens with zero attached hydrogens (tertiary/aromatic N) is 4. The lowest BCUT2D eigenvalue weighted by molar-refractivity contribution is -0.122. The van der Waals surface area contributed by atoms with Crippen molar-refractivity contribution in [3.05, 3.63) is 66.6 Å². The Morgan fingerprint density at radius 1 is 1.03 bits per heavy atom. The molecule has 2 bridgehead atoms. The van der Waals surface area contributed by atoms with Gasteiger partial charge >= 0.3 is 0 Å². The van der Waals surface area contributed by atoms with Crippen molar-refractivity contribution in [2.24, 2.45) is 5.92 Å². The molecule has 2 aromatic heterocycles. The molecule has 2 saturated heterocycles. The Hall–Kier alpha value is -3.03. The summed E-state index contributed by atoms with van der Waals surface area (Å²) in [4.78, 5) is 15.2. The van der Waals surface area contributed by atoms with Crippen LogP contribution in [0.2, 0.25) is 0 Å². The molecule has 5 rings (SSSR count). The summed E-state index contributed by atoms with van der Waals surface area (Å²) in [5.74, 6) is 0.473. The van der Waals surface area contributed by atoms with Gasteiger partial charge in [-0.3, -0.25) is 14.7 Å². The highest BCUT2D eigenvalue weighted by atomic mass is 16.3. The number of hydrogen-bond donors (Lipinski definition) is 2. The van der Waals surface area contributed by atoms with Crippen molar-refractivity contribution in [2.45, 2.75) is 44.3 Å². The second-order valence-corrected chi connectivity index (χ2v) is 8.20. The van der Waals surface area contributed by atoms with E-state index in [9.17, 15) is 5.11 Å². The molecule has 0 spiro atoms. The van der Waals surface area contributed by atoms with Gasteiger partial charge in [0.25, 0.3) is 6.47 Å². The molecule has 2 aliphatic heterocycles. The van der Waals surface area contributed by atoms with E-state index >= 15 is 0 Å². The zero-order valence-electron chi connectivity index (χ0n) is 17.4. The Bertz CT molecular complexity index is 963. The first kappa shape index (κ1) is 21.2. The van der Waals surface area contributed by atoms with Crippen molar-refractivity contribution in [2.75, 3.05) is 6.61 Å². The van der Waals surface area contributed by atoms with Gasteiger partial charge in [0, 0.05) is 55.0 Å². The minimum Gasteiger partial charge on any atom is -0.483 e. The summed E-state index contributed by atoms with van der Waals surface area (Å²) < 4.78 is 1.99. The smallest absolute Gasteiger partial charge is 0.290 e. The molecule has 0 saturated carbocycles. The third kappa shape index (κ3) is 4.68. The highest BCUT2D eigenvalue weighted by molar-refractivity contribution is 5.62. The van der Waals surface area contributed by atoms with Gasteiger partial charge in [0.2, 0.25) is 0 Å². The number of carbonyl (C=O) groups is 1. The summed E-state index contributed by atoms with van der Waals surface area (Å²) in [6.45, 7) is 0.993. The largest absolute Gasteiger partial charge is 0.483 e. The van der Waals surface area contributed by atoms with Crippen LogP contribution in [0.1, 0.15) is 31.2 Å². The third-order valence-electron chi connectivity index (χ3n) is 6.36. The Balaban J connectivity index is 0.000000730. The second kappa shape index (κ2) is 9.85. The molecule has 4 heterocycles. The number of benzene rings is 1. The fourth-order valence-corrected chi connectivity index (χ4v) is 4.98. The third-order valence-corrected chi connectivity index (χ3v) is 6.36. The van der Waals surface area contributed by atoms with Gasteiger partial charge in [-0.05, 0) is 55.9 Å². The van der Waals surface area contributed by atoms with Crippen LogP contribution in [0.3, 0.4) is 0 Å². The maximum atomic E-state index is 9.61. The highest BCUT2D eigenvalue weighted by Crippen LogP contribution is 2.40. The van der Waals surface area contributed by atoms with E-state index in [1.807, 2.05) is 47.4 Å². The van der Waals surface area contributed by atoms with E-state index in [-0.39, 0.29) is 6.47 Å². The monoisotopic (exact) mass is 420 g/mol. The number of carboxylic acid groups (broad SMARTS) is 1. The average Bonchev–Trinajstić information content (AvgIpc) is 3.33. The van der Waals surface area contributed by atoms with Gasteiger partial charge in [-0.25, -0.2) is 4.68 Å². The van der Waals surface area contributed by atoms with Gasteiger partial charge < -0.3 is 10.2 Å². The summed E-state index contributed by atoms with van der Waals surface area (Å²) in [5.41, 5.74) is 4.48. The zero-order chi connectivity index (χ0) is 21.6. The average molecular weight is 421 g/mol. The molecule has 7 heteroatoms. The molecule has 2 N–H and O–H groups in total. The van der Waals surface area contributed by atoms with E-state index in [1.54, 1.807) is 0 Å². The van der Waals surface area contributed by atoms with Gasteiger partial charge in [0.05, 0.1) is 11.4 Å². The van der Waals surface area contributed by atoms with E-state index in [4.69, 9.17) is 15.0 Å². The van der Waals surface area contributed by atoms with Gasteiger partial charge in [0.1, 0.15) is 0 Å². The van der Waals surface area contributed by atoms with Crippen LogP contribution in [0.25, 0.3) is 16.9 Å². The van der Waals surface area contributed by atoms with Crippen molar-refractivity contribution in [1.29, 1.82) is 0 Å². The zero-order valence-corrected chi connectivity index (χ0v) is 17.4. The Kier molecular flexibility index (Phi) is 6.74. The van der Waals surface area contributed by atoms with Crippen LogP contribution in [0.15, 0.2) is 61.1 Å². The molecule has 2 aliphatic rings. The molecular formula is C24H28N4O3. The molecule has 1 aromatic carbocycles. The van der Waals surface area contributed by atoms with Gasteiger partial charge in [-0.15, -0.1) is 0 Å². The normalized spacial score (nSPS) is 22.5. The lowest BCUT2D eigenvalue weighted by Gasteiger charge is -2.38. The van der Waals surface area contributed by atoms with Crippen LogP contribution in [0.5, 0.6) is 0 Å². The standard InChI is InChI=1S/C23H26N4O.CH2O2/c28-16-17-12-21-6-7-22(13-17)26(21)14-19-15-27(20-4-2-1-3-5-20)25-23(19)18-8-10-24-11-9-18;2-1-3/h1-5,8-11,15,17,21-22,28H,6-7,12-14,16H2;1H,(H,2,3)/t17?,21-,22+;. The molecule has 1 unspecified atom stereocenters. The van der Waals surface area contributed by atoms with Crippen LogP contribution >= 0.6 is 0 Å². The molecule has 3 atom stereocenters. The quantitative estimate of drug-likeness (QED) is 0.615. The SMILES string of the molecule is O=CO.OCC1C[C@H]2CC[C@@H](C1)N2Cc1cn(-c2ccccc2)nc1-c1ccncc1. The lowest BCUT2D eigenvalue weighted by Crippen LogP contribution is -2.43. The van der Waals surface area contributed by atoms with Crippen LogP contribution < -0.4 is 0 Å². The minimum absolute atomic E-state index is 0.250. The number of para-hydroxylation sites is 1. The minimum atomic E-state index is -0.250. The molecule has 0 aliphatic carbocycles. The van der Waals surface area contributed by atoms with Crippen molar-refractivity contribution in [3.8, 4) is 16.9 Å². The topological polar surface area (TPSA) is 91.5 Å². The van der Waals surface area contributed by atoms with Crippen LogP contribution in [0.4, 0.5) is 0 Å². The summed E-state index contributed by atoms with van der Waals surface area (Å²) in [6.07, 6.45) is 10.6. The fraction of sp³-hybridized carbons (Fsp3) is 0.375. The number of hydrogen-bond acceptors (Lipinski definition) is 5. The molecule has 31 heavy (non-hydrogen) atoms. The van der Waals surface area contributed by atoms with Crippen LogP contribution in [0, 0.1) is 5.92 Å². The summed E-state index contributed by atoms with van der Waals surface area (Å²) in [5, 5.41) is 21.4. The van der Waals surface area contributed by atoms with E-state index in [0.717, 1.165) is 36.3 Å². The number of fused-ring (bicyclic) bond motifs is 2. The van der Waals surface area contributed by atoms with E-state index < -0.39 is 0 Å². The number of rotatable bonds is 5.